The van der Waals surface area contributed by atoms with Crippen molar-refractivity contribution in [2.24, 2.45) is 18.4 Å². The third-order valence-corrected chi connectivity index (χ3v) is 6.61. The minimum atomic E-state index is -3.73. The molecule has 0 unspecified atom stereocenters. The van der Waals surface area contributed by atoms with Gasteiger partial charge in [0.2, 0.25) is 0 Å². The average molecular weight is 328 g/mol. The first kappa shape index (κ1) is 15.4. The van der Waals surface area contributed by atoms with Gasteiger partial charge in [-0.05, 0) is 20.0 Å². The number of aryl methyl sites for hydroxylation is 2. The van der Waals surface area contributed by atoms with Gasteiger partial charge in [0.1, 0.15) is 0 Å². The molecule has 3 heterocycles. The van der Waals surface area contributed by atoms with Crippen LogP contribution in [-0.4, -0.2) is 71.7 Å². The lowest BCUT2D eigenvalue weighted by Crippen LogP contribution is -2.41. The molecule has 2 saturated heterocycles. The zero-order valence-electron chi connectivity index (χ0n) is 12.9. The SMILES string of the molecule is Cc1cc(S(=O)(=O)N2C[C@@H]3CN(C)C[C@]3(C(=O)O)C2)n(C)n1. The number of nitrogens with zero attached hydrogens (tertiary/aromatic N) is 4. The van der Waals surface area contributed by atoms with Crippen LogP contribution in [0.5, 0.6) is 0 Å². The fraction of sp³-hybridized carbons (Fsp3) is 0.692. The zero-order valence-corrected chi connectivity index (χ0v) is 13.7. The molecule has 1 aromatic heterocycles. The molecule has 22 heavy (non-hydrogen) atoms. The number of carboxylic acid groups (broad SMARTS) is 1. The van der Waals surface area contributed by atoms with Crippen molar-refractivity contribution in [3.05, 3.63) is 11.8 Å². The van der Waals surface area contributed by atoms with Crippen LogP contribution in [0.25, 0.3) is 0 Å². The first-order valence-electron chi connectivity index (χ1n) is 7.09. The number of hydrogen-bond acceptors (Lipinski definition) is 5. The summed E-state index contributed by atoms with van der Waals surface area (Å²) in [5.41, 5.74) is -0.386. The average Bonchev–Trinajstić information content (AvgIpc) is 2.99. The quantitative estimate of drug-likeness (QED) is 0.793. The highest BCUT2D eigenvalue weighted by Crippen LogP contribution is 2.43. The summed E-state index contributed by atoms with van der Waals surface area (Å²) in [4.78, 5) is 13.7. The summed E-state index contributed by atoms with van der Waals surface area (Å²) in [5, 5.41) is 13.8. The minimum absolute atomic E-state index is 0.0178. The highest BCUT2D eigenvalue weighted by Gasteiger charge is 2.59. The second-order valence-corrected chi connectivity index (χ2v) is 8.28. The molecule has 1 aromatic rings. The van der Waals surface area contributed by atoms with Crippen LogP contribution in [0.15, 0.2) is 11.1 Å². The Kier molecular flexibility index (Phi) is 3.35. The molecule has 2 aliphatic rings. The first-order valence-corrected chi connectivity index (χ1v) is 8.53. The Labute approximate surface area is 129 Å². The maximum absolute atomic E-state index is 12.8. The molecule has 2 fully saturated rings. The second-order valence-electron chi connectivity index (χ2n) is 6.40. The first-order chi connectivity index (χ1) is 10.2. The number of hydrogen-bond donors (Lipinski definition) is 1. The maximum Gasteiger partial charge on any atom is 0.312 e. The molecule has 2 atom stereocenters. The van der Waals surface area contributed by atoms with Gasteiger partial charge in [0.25, 0.3) is 10.0 Å². The van der Waals surface area contributed by atoms with E-state index in [1.165, 1.54) is 15.1 Å². The summed E-state index contributed by atoms with van der Waals surface area (Å²) in [6, 6.07) is 1.52. The van der Waals surface area contributed by atoms with E-state index in [1.807, 2.05) is 11.9 Å². The molecular weight excluding hydrogens is 308 g/mol. The van der Waals surface area contributed by atoms with Gasteiger partial charge in [-0.2, -0.15) is 9.40 Å². The molecule has 0 saturated carbocycles. The van der Waals surface area contributed by atoms with E-state index >= 15 is 0 Å². The molecule has 122 valence electrons. The Hall–Kier alpha value is -1.45. The molecule has 0 amide bonds. The molecule has 2 aliphatic heterocycles. The summed E-state index contributed by atoms with van der Waals surface area (Å²) < 4.78 is 28.2. The molecule has 9 heteroatoms. The van der Waals surface area contributed by atoms with Crippen LogP contribution in [0.3, 0.4) is 0 Å². The molecule has 0 aliphatic carbocycles. The van der Waals surface area contributed by atoms with Crippen molar-refractivity contribution >= 4 is 16.0 Å². The number of carbonyl (C=O) groups is 1. The number of sulfonamides is 1. The molecule has 3 rings (SSSR count). The lowest BCUT2D eigenvalue weighted by Gasteiger charge is -2.23. The van der Waals surface area contributed by atoms with Crippen molar-refractivity contribution in [2.75, 3.05) is 33.2 Å². The number of carboxylic acids is 1. The van der Waals surface area contributed by atoms with Gasteiger partial charge in [-0.3, -0.25) is 9.48 Å². The molecule has 0 spiro atoms. The van der Waals surface area contributed by atoms with Crippen LogP contribution in [0.4, 0.5) is 0 Å². The molecule has 0 aromatic carbocycles. The minimum Gasteiger partial charge on any atom is -0.481 e. The van der Waals surface area contributed by atoms with E-state index in [4.69, 9.17) is 0 Å². The highest BCUT2D eigenvalue weighted by atomic mass is 32.2. The van der Waals surface area contributed by atoms with Gasteiger partial charge in [-0.15, -0.1) is 0 Å². The number of rotatable bonds is 3. The number of fused-ring (bicyclic) bond motifs is 1. The van der Waals surface area contributed by atoms with Gasteiger partial charge in [-0.1, -0.05) is 0 Å². The predicted octanol–water partition coefficient (Wildman–Crippen LogP) is -0.635. The van der Waals surface area contributed by atoms with Crippen LogP contribution in [0, 0.1) is 18.3 Å². The molecule has 0 bridgehead atoms. The lowest BCUT2D eigenvalue weighted by molar-refractivity contribution is -0.148. The Morgan fingerprint density at radius 3 is 2.55 bits per heavy atom. The predicted molar refractivity (Wildman–Crippen MR) is 77.8 cm³/mol. The van der Waals surface area contributed by atoms with Gasteiger partial charge in [0.15, 0.2) is 5.03 Å². The second kappa shape index (κ2) is 4.77. The summed E-state index contributed by atoms with van der Waals surface area (Å²) in [6.07, 6.45) is 0. The smallest absolute Gasteiger partial charge is 0.312 e. The summed E-state index contributed by atoms with van der Waals surface area (Å²) in [7, 11) is -0.279. The van der Waals surface area contributed by atoms with Crippen molar-refractivity contribution in [2.45, 2.75) is 11.9 Å². The number of aromatic nitrogens is 2. The van der Waals surface area contributed by atoms with Crippen LogP contribution in [-0.2, 0) is 21.9 Å². The molecule has 0 radical (unpaired) electrons. The van der Waals surface area contributed by atoms with Gasteiger partial charge < -0.3 is 10.0 Å². The normalized spacial score (nSPS) is 29.9. The highest BCUT2D eigenvalue weighted by molar-refractivity contribution is 7.89. The third kappa shape index (κ3) is 2.07. The fourth-order valence-electron chi connectivity index (χ4n) is 3.72. The summed E-state index contributed by atoms with van der Waals surface area (Å²) in [5.74, 6) is -1.10. The van der Waals surface area contributed by atoms with Crippen molar-refractivity contribution in [3.63, 3.8) is 0 Å². The fourth-order valence-corrected chi connectivity index (χ4v) is 5.45. The third-order valence-electron chi connectivity index (χ3n) is 4.74. The molecule has 8 nitrogen and oxygen atoms in total. The molecule has 1 N–H and O–H groups in total. The number of likely N-dealkylation sites (tertiary alicyclic amines) is 1. The van der Waals surface area contributed by atoms with Crippen molar-refractivity contribution in [1.29, 1.82) is 0 Å². The zero-order chi connectivity index (χ0) is 16.3. The van der Waals surface area contributed by atoms with E-state index in [0.29, 0.717) is 18.8 Å². The van der Waals surface area contributed by atoms with Crippen molar-refractivity contribution < 1.29 is 18.3 Å². The van der Waals surface area contributed by atoms with Gasteiger partial charge in [-0.25, -0.2) is 8.42 Å². The van der Waals surface area contributed by atoms with Crippen LogP contribution in [0.1, 0.15) is 5.69 Å². The monoisotopic (exact) mass is 328 g/mol. The Balaban J connectivity index is 1.95. The lowest BCUT2D eigenvalue weighted by atomic mass is 9.81. The molecular formula is C13H20N4O4S. The maximum atomic E-state index is 12.8. The Bertz CT molecular complexity index is 728. The Morgan fingerprint density at radius 2 is 2.05 bits per heavy atom. The largest absolute Gasteiger partial charge is 0.481 e. The summed E-state index contributed by atoms with van der Waals surface area (Å²) in [6.45, 7) is 2.96. The van der Waals surface area contributed by atoms with E-state index in [2.05, 4.69) is 5.10 Å². The van der Waals surface area contributed by atoms with E-state index < -0.39 is 21.4 Å². The van der Waals surface area contributed by atoms with Gasteiger partial charge >= 0.3 is 5.97 Å². The van der Waals surface area contributed by atoms with Crippen LogP contribution < -0.4 is 0 Å². The van der Waals surface area contributed by atoms with Crippen molar-refractivity contribution in [1.82, 2.24) is 19.0 Å². The van der Waals surface area contributed by atoms with E-state index in [0.717, 1.165) is 0 Å². The number of aliphatic carboxylic acids is 1. The van der Waals surface area contributed by atoms with E-state index in [1.54, 1.807) is 14.0 Å². The van der Waals surface area contributed by atoms with Gasteiger partial charge in [0, 0.05) is 39.1 Å². The van der Waals surface area contributed by atoms with Crippen molar-refractivity contribution in [3.8, 4) is 0 Å². The van der Waals surface area contributed by atoms with Crippen LogP contribution in [0.2, 0.25) is 0 Å². The standard InChI is InChI=1S/C13H20N4O4S/c1-9-4-11(16(3)14-9)22(20,21)17-6-10-5-15(2)7-13(10,8-17)12(18)19/h4,10H,5-8H2,1-3H3,(H,18,19)/t10-,13-/m0/s1. The van der Waals surface area contributed by atoms with E-state index in [-0.39, 0.29) is 24.0 Å². The van der Waals surface area contributed by atoms with E-state index in [9.17, 15) is 18.3 Å². The van der Waals surface area contributed by atoms with Crippen LogP contribution >= 0.6 is 0 Å². The Morgan fingerprint density at radius 1 is 1.36 bits per heavy atom. The topological polar surface area (TPSA) is 95.7 Å². The summed E-state index contributed by atoms with van der Waals surface area (Å²) >= 11 is 0. The van der Waals surface area contributed by atoms with Gasteiger partial charge in [0.05, 0.1) is 11.1 Å².